The van der Waals surface area contributed by atoms with Crippen molar-refractivity contribution in [3.05, 3.63) is 64.7 Å². The van der Waals surface area contributed by atoms with Crippen LogP contribution < -0.4 is 10.5 Å². The molecule has 0 radical (unpaired) electrons. The number of hydrogen-bond acceptors (Lipinski definition) is 2. The average Bonchev–Trinajstić information content (AvgIpc) is 2.37. The van der Waals surface area contributed by atoms with Gasteiger partial charge in [-0.15, -0.1) is 0 Å². The van der Waals surface area contributed by atoms with E-state index in [0.717, 1.165) is 17.2 Å². The highest BCUT2D eigenvalue weighted by Gasteiger charge is 2.24. The molecule has 0 aliphatic carbocycles. The number of aryl methyl sites for hydroxylation is 1. The highest BCUT2D eigenvalue weighted by Crippen LogP contribution is 2.29. The normalized spacial score (nSPS) is 13.8. The molecule has 0 saturated heterocycles. The Morgan fingerprint density at radius 1 is 1.10 bits per heavy atom. The standard InChI is InChI=1S/C17H19F2NO/c1-11-4-5-16(21-3)12(6-11)10-17(2,20)13-7-14(18)9-15(19)8-13/h4-9H,10,20H2,1-3H3. The minimum absolute atomic E-state index is 0.417. The van der Waals surface area contributed by atoms with Crippen molar-refractivity contribution >= 4 is 0 Å². The van der Waals surface area contributed by atoms with Gasteiger partial charge in [0.05, 0.1) is 7.11 Å². The largest absolute Gasteiger partial charge is 0.496 e. The van der Waals surface area contributed by atoms with Gasteiger partial charge in [0.25, 0.3) is 0 Å². The van der Waals surface area contributed by atoms with E-state index in [0.29, 0.717) is 17.7 Å². The van der Waals surface area contributed by atoms with Gasteiger partial charge in [0.15, 0.2) is 0 Å². The Kier molecular flexibility index (Phi) is 4.28. The molecule has 0 fully saturated rings. The zero-order chi connectivity index (χ0) is 15.6. The smallest absolute Gasteiger partial charge is 0.126 e. The summed E-state index contributed by atoms with van der Waals surface area (Å²) in [6.45, 7) is 3.72. The van der Waals surface area contributed by atoms with Crippen molar-refractivity contribution in [2.24, 2.45) is 5.73 Å². The third kappa shape index (κ3) is 3.58. The summed E-state index contributed by atoms with van der Waals surface area (Å²) in [5.74, 6) is -0.537. The molecule has 2 rings (SSSR count). The van der Waals surface area contributed by atoms with Crippen LogP contribution in [0.2, 0.25) is 0 Å². The van der Waals surface area contributed by atoms with Gasteiger partial charge in [-0.3, -0.25) is 0 Å². The summed E-state index contributed by atoms with van der Waals surface area (Å²) in [4.78, 5) is 0. The molecule has 0 aliphatic heterocycles. The topological polar surface area (TPSA) is 35.2 Å². The molecule has 112 valence electrons. The van der Waals surface area contributed by atoms with Crippen molar-refractivity contribution in [2.45, 2.75) is 25.8 Å². The molecule has 2 N–H and O–H groups in total. The lowest BCUT2D eigenvalue weighted by atomic mass is 9.86. The van der Waals surface area contributed by atoms with Gasteiger partial charge >= 0.3 is 0 Å². The highest BCUT2D eigenvalue weighted by molar-refractivity contribution is 5.39. The van der Waals surface area contributed by atoms with Gasteiger partial charge in [0.2, 0.25) is 0 Å². The Labute approximate surface area is 123 Å². The summed E-state index contributed by atoms with van der Waals surface area (Å²) in [7, 11) is 1.59. The van der Waals surface area contributed by atoms with E-state index in [-0.39, 0.29) is 0 Å². The van der Waals surface area contributed by atoms with Crippen LogP contribution in [-0.2, 0) is 12.0 Å². The molecule has 0 aliphatic rings. The van der Waals surface area contributed by atoms with Crippen molar-refractivity contribution in [1.29, 1.82) is 0 Å². The van der Waals surface area contributed by atoms with Crippen LogP contribution in [0.25, 0.3) is 0 Å². The molecule has 1 unspecified atom stereocenters. The second-order valence-electron chi connectivity index (χ2n) is 5.57. The molecule has 0 saturated carbocycles. The summed E-state index contributed by atoms with van der Waals surface area (Å²) in [5.41, 5.74) is 7.80. The van der Waals surface area contributed by atoms with Crippen LogP contribution >= 0.6 is 0 Å². The zero-order valence-corrected chi connectivity index (χ0v) is 12.4. The SMILES string of the molecule is COc1ccc(C)cc1CC(C)(N)c1cc(F)cc(F)c1. The van der Waals surface area contributed by atoms with Gasteiger partial charge in [-0.25, -0.2) is 8.78 Å². The lowest BCUT2D eigenvalue weighted by molar-refractivity contribution is 0.399. The number of rotatable bonds is 4. The van der Waals surface area contributed by atoms with Crippen molar-refractivity contribution in [1.82, 2.24) is 0 Å². The summed E-state index contributed by atoms with van der Waals surface area (Å²) in [6.07, 6.45) is 0.417. The summed E-state index contributed by atoms with van der Waals surface area (Å²) < 4.78 is 32.1. The van der Waals surface area contributed by atoms with E-state index >= 15 is 0 Å². The lowest BCUT2D eigenvalue weighted by Gasteiger charge is -2.26. The van der Waals surface area contributed by atoms with Crippen LogP contribution in [0, 0.1) is 18.6 Å². The molecule has 4 heteroatoms. The molecule has 2 nitrogen and oxygen atoms in total. The van der Waals surface area contributed by atoms with Crippen LogP contribution in [0.4, 0.5) is 8.78 Å². The molecule has 0 amide bonds. The summed E-state index contributed by atoms with van der Waals surface area (Å²) >= 11 is 0. The maximum absolute atomic E-state index is 13.4. The first-order valence-electron chi connectivity index (χ1n) is 6.71. The minimum Gasteiger partial charge on any atom is -0.496 e. The fraction of sp³-hybridized carbons (Fsp3) is 0.294. The summed E-state index contributed by atoms with van der Waals surface area (Å²) in [5, 5.41) is 0. The minimum atomic E-state index is -0.899. The fourth-order valence-electron chi connectivity index (χ4n) is 2.43. The predicted octanol–water partition coefficient (Wildman–Crippen LogP) is 3.70. The number of methoxy groups -OCH3 is 1. The third-order valence-corrected chi connectivity index (χ3v) is 3.52. The van der Waals surface area contributed by atoms with Crippen LogP contribution in [0.1, 0.15) is 23.6 Å². The monoisotopic (exact) mass is 291 g/mol. The predicted molar refractivity (Wildman–Crippen MR) is 79.3 cm³/mol. The van der Waals surface area contributed by atoms with Crippen LogP contribution in [0.5, 0.6) is 5.75 Å². The molecule has 1 atom stereocenters. The first-order valence-corrected chi connectivity index (χ1v) is 6.71. The molecule has 0 aromatic heterocycles. The Morgan fingerprint density at radius 3 is 2.29 bits per heavy atom. The molecule has 2 aromatic rings. The Balaban J connectivity index is 2.38. The average molecular weight is 291 g/mol. The van der Waals surface area contributed by atoms with Crippen molar-refractivity contribution in [3.63, 3.8) is 0 Å². The molecule has 0 bridgehead atoms. The first kappa shape index (κ1) is 15.4. The second-order valence-corrected chi connectivity index (χ2v) is 5.57. The molecule has 0 spiro atoms. The second kappa shape index (κ2) is 5.82. The number of benzene rings is 2. The Bertz CT molecular complexity index is 633. The van der Waals surface area contributed by atoms with E-state index in [1.54, 1.807) is 14.0 Å². The van der Waals surface area contributed by atoms with Crippen molar-refractivity contribution < 1.29 is 13.5 Å². The Morgan fingerprint density at radius 2 is 1.71 bits per heavy atom. The maximum atomic E-state index is 13.4. The highest BCUT2D eigenvalue weighted by atomic mass is 19.1. The van der Waals surface area contributed by atoms with Gasteiger partial charge < -0.3 is 10.5 Å². The van der Waals surface area contributed by atoms with Crippen molar-refractivity contribution in [2.75, 3.05) is 7.11 Å². The van der Waals surface area contributed by atoms with E-state index in [2.05, 4.69) is 0 Å². The van der Waals surface area contributed by atoms with Gasteiger partial charge in [-0.1, -0.05) is 17.7 Å². The third-order valence-electron chi connectivity index (χ3n) is 3.52. The quantitative estimate of drug-likeness (QED) is 0.932. The van der Waals surface area contributed by atoms with E-state index in [1.807, 2.05) is 25.1 Å². The van der Waals surface area contributed by atoms with E-state index in [9.17, 15) is 8.78 Å². The van der Waals surface area contributed by atoms with Crippen LogP contribution in [0.3, 0.4) is 0 Å². The van der Waals surface area contributed by atoms with Crippen LogP contribution in [-0.4, -0.2) is 7.11 Å². The Hall–Kier alpha value is -1.94. The number of nitrogens with two attached hydrogens (primary N) is 1. The molecule has 2 aromatic carbocycles. The van der Waals surface area contributed by atoms with E-state index in [4.69, 9.17) is 10.5 Å². The zero-order valence-electron chi connectivity index (χ0n) is 12.4. The lowest BCUT2D eigenvalue weighted by Crippen LogP contribution is -2.35. The first-order chi connectivity index (χ1) is 9.81. The molecule has 0 heterocycles. The van der Waals surface area contributed by atoms with Gasteiger partial charge in [-0.2, -0.15) is 0 Å². The molecule has 21 heavy (non-hydrogen) atoms. The maximum Gasteiger partial charge on any atom is 0.126 e. The van der Waals surface area contributed by atoms with Gasteiger partial charge in [0, 0.05) is 11.6 Å². The molecular formula is C17H19F2NO. The van der Waals surface area contributed by atoms with E-state index < -0.39 is 17.2 Å². The number of halogens is 2. The van der Waals surface area contributed by atoms with E-state index in [1.165, 1.54) is 12.1 Å². The van der Waals surface area contributed by atoms with Crippen LogP contribution in [0.15, 0.2) is 36.4 Å². The number of hydrogen-bond donors (Lipinski definition) is 1. The van der Waals surface area contributed by atoms with Gasteiger partial charge in [0.1, 0.15) is 17.4 Å². The fourth-order valence-corrected chi connectivity index (χ4v) is 2.43. The molecular weight excluding hydrogens is 272 g/mol. The summed E-state index contributed by atoms with van der Waals surface area (Å²) in [6, 6.07) is 9.16. The van der Waals surface area contributed by atoms with Gasteiger partial charge in [-0.05, 0) is 49.6 Å². The van der Waals surface area contributed by atoms with Crippen molar-refractivity contribution in [3.8, 4) is 5.75 Å². The number of ether oxygens (including phenoxy) is 1.